The molecule has 4 rings (SSSR count). The van der Waals surface area contributed by atoms with Crippen molar-refractivity contribution in [3.8, 4) is 0 Å². The van der Waals surface area contributed by atoms with E-state index in [9.17, 15) is 48.9 Å². The molecule has 15 atom stereocenters. The second-order valence-electron chi connectivity index (χ2n) is 24.5. The number of aliphatic hydroxyl groups is 3. The first-order valence-corrected chi connectivity index (χ1v) is 32.3. The number of carbonyl (C=O) groups excluding carboxylic acids is 7. The van der Waals surface area contributed by atoms with Gasteiger partial charge in [-0.3, -0.25) is 24.0 Å². The van der Waals surface area contributed by atoms with E-state index in [1.807, 2.05) is 44.2 Å². The molecular weight excluding hydrogens is 1170 g/mol. The third-order valence-electron chi connectivity index (χ3n) is 17.2. The van der Waals surface area contributed by atoms with Crippen molar-refractivity contribution >= 4 is 41.1 Å². The van der Waals surface area contributed by atoms with Crippen LogP contribution in [0.3, 0.4) is 0 Å². The van der Waals surface area contributed by atoms with Crippen molar-refractivity contribution in [1.82, 2.24) is 10.2 Å². The fraction of sp³-hybridized carbons (Fsp3) is 0.773. The molecule has 6 N–H and O–H groups in total. The minimum atomic E-state index is -2.50. The lowest BCUT2D eigenvalue weighted by molar-refractivity contribution is -0.265. The summed E-state index contributed by atoms with van der Waals surface area (Å²) in [6.07, 6.45) is 7.38. The summed E-state index contributed by atoms with van der Waals surface area (Å²) in [4.78, 5) is 96.0. The molecule has 2 amide bonds. The molecule has 3 fully saturated rings. The van der Waals surface area contributed by atoms with E-state index < -0.39 is 120 Å². The molecule has 0 aromatic heterocycles. The number of piperidine rings is 1. The Morgan fingerprint density at radius 2 is 1.36 bits per heavy atom. The highest BCUT2D eigenvalue weighted by Gasteiger charge is 2.53. The number of methoxy groups -OCH3 is 2. The number of cyclic esters (lactones) is 1. The van der Waals surface area contributed by atoms with E-state index >= 15 is 0 Å². The van der Waals surface area contributed by atoms with Gasteiger partial charge in [0.1, 0.15) is 42.0 Å². The van der Waals surface area contributed by atoms with Gasteiger partial charge in [-0.1, -0.05) is 64.2 Å². The minimum absolute atomic E-state index is 0.00580. The number of esters is 1. The summed E-state index contributed by atoms with van der Waals surface area (Å²) in [5.74, 6) is -9.12. The number of nitrogens with two attached hydrogens (primary N) is 1. The Morgan fingerprint density at radius 1 is 0.733 bits per heavy atom. The summed E-state index contributed by atoms with van der Waals surface area (Å²) in [5, 5.41) is 37.1. The third-order valence-corrected chi connectivity index (χ3v) is 17.2. The van der Waals surface area contributed by atoms with Crippen LogP contribution in [0.5, 0.6) is 0 Å². The molecule has 1 saturated carbocycles. The van der Waals surface area contributed by atoms with Gasteiger partial charge in [-0.25, -0.2) is 9.59 Å². The number of alkyl carbamates (subject to hydrolysis) is 1. The first-order valence-electron chi connectivity index (χ1n) is 32.3. The van der Waals surface area contributed by atoms with Gasteiger partial charge < -0.3 is 83.4 Å². The lowest BCUT2D eigenvalue weighted by atomic mass is 9.80. The molecule has 2 bridgehead atoms. The van der Waals surface area contributed by atoms with Gasteiger partial charge in [-0.05, 0) is 108 Å². The monoisotopic (exact) mass is 1280 g/mol. The smallest absolute Gasteiger partial charge is 0.407 e. The van der Waals surface area contributed by atoms with Gasteiger partial charge in [0.05, 0.1) is 97.6 Å². The average Bonchev–Trinajstić information content (AvgIpc) is 0.810. The van der Waals surface area contributed by atoms with Crippen LogP contribution in [0.1, 0.15) is 132 Å². The fourth-order valence-corrected chi connectivity index (χ4v) is 11.6. The Hall–Kier alpha value is -4.67. The number of hydrogen-bond donors (Lipinski definition) is 5. The first-order chi connectivity index (χ1) is 43.0. The number of fused-ring (bicyclic) bond motifs is 3. The molecule has 1 unspecified atom stereocenters. The van der Waals surface area contributed by atoms with Crippen LogP contribution in [-0.4, -0.2) is 229 Å². The summed E-state index contributed by atoms with van der Waals surface area (Å²) in [7, 11) is 3.06. The topological polar surface area (TPSA) is 323 Å². The van der Waals surface area contributed by atoms with Gasteiger partial charge in [0.15, 0.2) is 5.78 Å². The van der Waals surface area contributed by atoms with Gasteiger partial charge in [0, 0.05) is 70.4 Å². The molecular formula is C66H107N3O21. The summed E-state index contributed by atoms with van der Waals surface area (Å²) in [6.45, 7) is 16.5. The predicted molar refractivity (Wildman–Crippen MR) is 332 cm³/mol. The lowest BCUT2D eigenvalue weighted by Gasteiger charge is -2.42. The molecule has 24 heteroatoms. The van der Waals surface area contributed by atoms with E-state index in [0.717, 1.165) is 10.5 Å². The van der Waals surface area contributed by atoms with Crippen LogP contribution in [-0.2, 0) is 80.9 Å². The normalized spacial score (nSPS) is 31.4. The standard InChI is InChI=1S/C66H107N3O21/c1-43-15-11-10-12-16-44(2)56(80-8)41-51-20-18-48(6)66(79,90-51)62(75)63(76)69-24-14-13-17-53(69)64(77)88-57(42-54(71)45(3)38-47(5)60(73)61(74)59(72)46(4)37-43)52(67)39-50-19-21-55(58(40-50)81-9)89-65(78)68-23-26-83-28-30-85-32-34-87-36-35-86-33-31-84-29-27-82-25-22-49(7)70/h10-12,15-16,38,43,45-46,48,50-53,55-58,60-61,73-74,79H,13-14,17-37,39-42,67H2,1-9H3,(H,68,78)/b12-10?,15-11+,44-16?,47-38+/t43-,45-,46?,48-,50+,51+,52-,53+,55-,56+,57+,58-,60-,61+,66-/m1/s1. The summed E-state index contributed by atoms with van der Waals surface area (Å²) in [5.41, 5.74) is 7.99. The fourth-order valence-electron chi connectivity index (χ4n) is 11.6. The Morgan fingerprint density at radius 3 is 1.97 bits per heavy atom. The Balaban J connectivity index is 1.37. The molecule has 0 radical (unpaired) electrons. The molecule has 4 aliphatic rings. The van der Waals surface area contributed by atoms with Crippen molar-refractivity contribution in [3.05, 3.63) is 47.6 Å². The van der Waals surface area contributed by atoms with E-state index in [0.29, 0.717) is 130 Å². The van der Waals surface area contributed by atoms with Gasteiger partial charge >= 0.3 is 12.1 Å². The molecule has 0 spiro atoms. The molecule has 3 aliphatic heterocycles. The van der Waals surface area contributed by atoms with Crippen molar-refractivity contribution in [1.29, 1.82) is 0 Å². The molecule has 3 heterocycles. The number of ether oxygens (including phenoxy) is 11. The summed E-state index contributed by atoms with van der Waals surface area (Å²) < 4.78 is 62.7. The van der Waals surface area contributed by atoms with Gasteiger partial charge in [0.25, 0.3) is 11.7 Å². The van der Waals surface area contributed by atoms with Crippen molar-refractivity contribution in [2.75, 3.05) is 107 Å². The van der Waals surface area contributed by atoms with Crippen LogP contribution in [0.25, 0.3) is 0 Å². The highest BCUT2D eigenvalue weighted by atomic mass is 16.6. The second kappa shape index (κ2) is 41.8. The molecule has 24 nitrogen and oxygen atoms in total. The van der Waals surface area contributed by atoms with Crippen molar-refractivity contribution < 1.29 is 101 Å². The quantitative estimate of drug-likeness (QED) is 0.0312. The zero-order valence-corrected chi connectivity index (χ0v) is 54.9. The average molecular weight is 1280 g/mol. The molecule has 512 valence electrons. The number of amides is 2. The molecule has 2 saturated heterocycles. The van der Waals surface area contributed by atoms with Crippen molar-refractivity contribution in [2.45, 2.75) is 193 Å². The predicted octanol–water partition coefficient (Wildman–Crippen LogP) is 5.03. The van der Waals surface area contributed by atoms with Crippen LogP contribution < -0.4 is 11.1 Å². The second-order valence-corrected chi connectivity index (χ2v) is 24.5. The van der Waals surface area contributed by atoms with Crippen molar-refractivity contribution in [2.24, 2.45) is 35.3 Å². The molecule has 90 heavy (non-hydrogen) atoms. The Bertz CT molecular complexity index is 2350. The number of aliphatic hydroxyl groups excluding tert-OH is 2. The Kier molecular flexibility index (Phi) is 36.1. The number of hydrogen-bond acceptors (Lipinski definition) is 22. The van der Waals surface area contributed by atoms with E-state index in [-0.39, 0.29) is 62.2 Å². The molecule has 1 aliphatic carbocycles. The van der Waals surface area contributed by atoms with E-state index in [1.54, 1.807) is 27.9 Å². The number of nitrogens with one attached hydrogen (secondary N) is 1. The largest absolute Gasteiger partial charge is 0.459 e. The number of carbonyl (C=O) groups is 7. The van der Waals surface area contributed by atoms with Gasteiger partial charge in [-0.2, -0.15) is 0 Å². The zero-order valence-electron chi connectivity index (χ0n) is 54.9. The van der Waals surface area contributed by atoms with Crippen LogP contribution in [0, 0.1) is 29.6 Å². The maximum Gasteiger partial charge on any atom is 0.407 e. The number of rotatable bonds is 27. The SMILES string of the molecule is CO[C@H]1C[C@@H]2CC[C@@H](C)[C@@](O)(O2)C(=O)C(=O)N2CCCC[C@H]2C(=O)O[C@H]([C@H](N)C[C@@H]2CC[C@@H](OC(=O)NCCOCCOCCOCCOCCOCCOCCC(C)=O)[C@H](OC)C2)CC(=O)[C@H](C)/C=C(\C)[C@@H](O)[C@@H](O)C(=O)C(C)C[C@H](C)/C=C/C=CC=C1C. The number of ketones is 4. The third kappa shape index (κ3) is 26.7. The highest BCUT2D eigenvalue weighted by molar-refractivity contribution is 6.39. The van der Waals surface area contributed by atoms with Crippen molar-refractivity contribution in [3.63, 3.8) is 0 Å². The molecule has 0 aromatic carbocycles. The van der Waals surface area contributed by atoms with Gasteiger partial charge in [-0.15, -0.1) is 0 Å². The highest BCUT2D eigenvalue weighted by Crippen LogP contribution is 2.37. The first kappa shape index (κ1) is 77.8. The summed E-state index contributed by atoms with van der Waals surface area (Å²) >= 11 is 0. The minimum Gasteiger partial charge on any atom is -0.459 e. The van der Waals surface area contributed by atoms with E-state index in [2.05, 4.69) is 5.32 Å². The van der Waals surface area contributed by atoms with E-state index in [1.165, 1.54) is 27.0 Å². The summed E-state index contributed by atoms with van der Waals surface area (Å²) in [6, 6.07) is -2.22. The van der Waals surface area contributed by atoms with Crippen LogP contribution in [0.4, 0.5) is 4.79 Å². The zero-order chi connectivity index (χ0) is 66.2. The number of Topliss-reactive ketones (excluding diaryl/α,β-unsaturated/α-hetero) is 4. The molecule has 0 aromatic rings. The van der Waals surface area contributed by atoms with Crippen LogP contribution >= 0.6 is 0 Å². The van der Waals surface area contributed by atoms with Gasteiger partial charge in [0.2, 0.25) is 5.79 Å². The van der Waals surface area contributed by atoms with Crippen LogP contribution in [0.2, 0.25) is 0 Å². The maximum absolute atomic E-state index is 14.6. The number of nitrogens with zero attached hydrogens (tertiary/aromatic N) is 1. The number of allylic oxidation sites excluding steroid dienone is 6. The Labute approximate surface area is 532 Å². The van der Waals surface area contributed by atoms with E-state index in [4.69, 9.17) is 57.8 Å². The maximum atomic E-state index is 14.6. The van der Waals surface area contributed by atoms with Crippen LogP contribution in [0.15, 0.2) is 47.6 Å². The lowest BCUT2D eigenvalue weighted by Crippen LogP contribution is -2.61.